The van der Waals surface area contributed by atoms with Crippen LogP contribution in [0.25, 0.3) is 0 Å². The molecule has 1 aromatic carbocycles. The molecule has 18 heavy (non-hydrogen) atoms. The molecular weight excluding hydrogens is 229 g/mol. The molecule has 0 aliphatic carbocycles. The number of hydrogen-bond acceptors (Lipinski definition) is 2. The number of aliphatic hydroxyl groups excluding tert-OH is 1. The van der Waals surface area contributed by atoms with Crippen molar-refractivity contribution < 1.29 is 9.50 Å². The lowest BCUT2D eigenvalue weighted by molar-refractivity contribution is 0.176. The first kappa shape index (κ1) is 12.7. The molecule has 3 heteroatoms. The third-order valence-corrected chi connectivity index (χ3v) is 3.05. The van der Waals surface area contributed by atoms with E-state index >= 15 is 0 Å². The number of aromatic nitrogens is 1. The quantitative estimate of drug-likeness (QED) is 0.898. The van der Waals surface area contributed by atoms with E-state index in [-0.39, 0.29) is 12.2 Å². The van der Waals surface area contributed by atoms with E-state index < -0.39 is 6.10 Å². The molecule has 0 aliphatic rings. The van der Waals surface area contributed by atoms with Crippen molar-refractivity contribution in [2.24, 2.45) is 0 Å². The van der Waals surface area contributed by atoms with Gasteiger partial charge in [0.15, 0.2) is 0 Å². The van der Waals surface area contributed by atoms with Gasteiger partial charge in [0.1, 0.15) is 5.82 Å². The molecule has 2 rings (SSSR count). The summed E-state index contributed by atoms with van der Waals surface area (Å²) in [6.07, 6.45) is 3.79. The summed E-state index contributed by atoms with van der Waals surface area (Å²) in [7, 11) is 0. The van der Waals surface area contributed by atoms with Crippen LogP contribution in [0.4, 0.5) is 4.39 Å². The largest absolute Gasteiger partial charge is 0.388 e. The molecular formula is C15H16FNO. The fourth-order valence-corrected chi connectivity index (χ4v) is 2.04. The van der Waals surface area contributed by atoms with Gasteiger partial charge in [-0.05, 0) is 35.2 Å². The molecule has 1 heterocycles. The van der Waals surface area contributed by atoms with Crippen molar-refractivity contribution in [2.45, 2.75) is 25.9 Å². The Hall–Kier alpha value is -1.74. The SMILES string of the molecule is CCc1cnccc1C(O)Cc1ccccc1F. The molecule has 0 spiro atoms. The molecule has 2 aromatic rings. The van der Waals surface area contributed by atoms with Gasteiger partial charge in [0.25, 0.3) is 0 Å². The zero-order chi connectivity index (χ0) is 13.0. The lowest BCUT2D eigenvalue weighted by atomic mass is 9.97. The number of benzene rings is 1. The summed E-state index contributed by atoms with van der Waals surface area (Å²) in [5, 5.41) is 10.2. The molecule has 1 atom stereocenters. The van der Waals surface area contributed by atoms with Crippen LogP contribution in [0.15, 0.2) is 42.7 Å². The standard InChI is InChI=1S/C15H16FNO/c1-2-11-10-17-8-7-13(11)15(18)9-12-5-3-4-6-14(12)16/h3-8,10,15,18H,2,9H2,1H3. The molecule has 0 fully saturated rings. The summed E-state index contributed by atoms with van der Waals surface area (Å²) >= 11 is 0. The average Bonchev–Trinajstić information content (AvgIpc) is 2.41. The van der Waals surface area contributed by atoms with Crippen LogP contribution < -0.4 is 0 Å². The Morgan fingerprint density at radius 2 is 2.00 bits per heavy atom. The summed E-state index contributed by atoms with van der Waals surface area (Å²) in [5.74, 6) is -0.274. The number of aliphatic hydroxyl groups is 1. The highest BCUT2D eigenvalue weighted by Gasteiger charge is 2.14. The number of hydrogen-bond donors (Lipinski definition) is 1. The van der Waals surface area contributed by atoms with Gasteiger partial charge in [-0.1, -0.05) is 25.1 Å². The summed E-state index contributed by atoms with van der Waals surface area (Å²) < 4.78 is 13.5. The normalized spacial score (nSPS) is 12.4. The maximum absolute atomic E-state index is 13.5. The fraction of sp³-hybridized carbons (Fsp3) is 0.267. The molecule has 2 nitrogen and oxygen atoms in total. The molecule has 0 saturated carbocycles. The summed E-state index contributed by atoms with van der Waals surface area (Å²) in [4.78, 5) is 4.04. The second-order valence-corrected chi connectivity index (χ2v) is 4.24. The van der Waals surface area contributed by atoms with Gasteiger partial charge >= 0.3 is 0 Å². The predicted octanol–water partition coefficient (Wildman–Crippen LogP) is 3.06. The molecule has 1 aromatic heterocycles. The molecule has 0 radical (unpaired) electrons. The van der Waals surface area contributed by atoms with E-state index in [1.165, 1.54) is 6.07 Å². The van der Waals surface area contributed by atoms with Crippen LogP contribution in [0.3, 0.4) is 0 Å². The smallest absolute Gasteiger partial charge is 0.126 e. The average molecular weight is 245 g/mol. The Kier molecular flexibility index (Phi) is 4.05. The van der Waals surface area contributed by atoms with Crippen molar-refractivity contribution in [3.63, 3.8) is 0 Å². The van der Waals surface area contributed by atoms with E-state index in [1.54, 1.807) is 36.7 Å². The highest BCUT2D eigenvalue weighted by Crippen LogP contribution is 2.22. The monoisotopic (exact) mass is 245 g/mol. The van der Waals surface area contributed by atoms with Crippen LogP contribution >= 0.6 is 0 Å². The lowest BCUT2D eigenvalue weighted by Gasteiger charge is -2.14. The minimum atomic E-state index is -0.695. The van der Waals surface area contributed by atoms with E-state index in [0.29, 0.717) is 5.56 Å². The topological polar surface area (TPSA) is 33.1 Å². The summed E-state index contributed by atoms with van der Waals surface area (Å²) in [6.45, 7) is 2.01. The van der Waals surface area contributed by atoms with Crippen molar-refractivity contribution in [1.29, 1.82) is 0 Å². The highest BCUT2D eigenvalue weighted by atomic mass is 19.1. The van der Waals surface area contributed by atoms with E-state index in [4.69, 9.17) is 0 Å². The number of rotatable bonds is 4. The Balaban J connectivity index is 2.22. The van der Waals surface area contributed by atoms with E-state index in [0.717, 1.165) is 17.5 Å². The Labute approximate surface area is 106 Å². The number of aryl methyl sites for hydroxylation is 1. The maximum Gasteiger partial charge on any atom is 0.126 e. The first-order valence-corrected chi connectivity index (χ1v) is 6.06. The van der Waals surface area contributed by atoms with Gasteiger partial charge in [-0.3, -0.25) is 4.98 Å². The van der Waals surface area contributed by atoms with Crippen molar-refractivity contribution >= 4 is 0 Å². The molecule has 1 unspecified atom stereocenters. The second-order valence-electron chi connectivity index (χ2n) is 4.24. The van der Waals surface area contributed by atoms with Gasteiger partial charge in [0.2, 0.25) is 0 Å². The van der Waals surface area contributed by atoms with Gasteiger partial charge in [-0.2, -0.15) is 0 Å². The Morgan fingerprint density at radius 3 is 2.72 bits per heavy atom. The number of nitrogens with zero attached hydrogens (tertiary/aromatic N) is 1. The zero-order valence-electron chi connectivity index (χ0n) is 10.3. The lowest BCUT2D eigenvalue weighted by Crippen LogP contribution is -2.06. The third-order valence-electron chi connectivity index (χ3n) is 3.05. The summed E-state index contributed by atoms with van der Waals surface area (Å²) in [5.41, 5.74) is 2.36. The highest BCUT2D eigenvalue weighted by molar-refractivity contribution is 5.28. The van der Waals surface area contributed by atoms with E-state index in [2.05, 4.69) is 4.98 Å². The van der Waals surface area contributed by atoms with Crippen molar-refractivity contribution in [1.82, 2.24) is 4.98 Å². The van der Waals surface area contributed by atoms with Gasteiger partial charge in [-0.25, -0.2) is 4.39 Å². The van der Waals surface area contributed by atoms with Crippen LogP contribution in [0.2, 0.25) is 0 Å². The Bertz CT molecular complexity index is 527. The van der Waals surface area contributed by atoms with E-state index in [1.807, 2.05) is 6.92 Å². The molecule has 0 bridgehead atoms. The zero-order valence-corrected chi connectivity index (χ0v) is 10.3. The van der Waals surface area contributed by atoms with Gasteiger partial charge < -0.3 is 5.11 Å². The molecule has 0 aliphatic heterocycles. The maximum atomic E-state index is 13.5. The van der Waals surface area contributed by atoms with Crippen molar-refractivity contribution in [3.8, 4) is 0 Å². The molecule has 94 valence electrons. The van der Waals surface area contributed by atoms with Gasteiger partial charge in [-0.15, -0.1) is 0 Å². The van der Waals surface area contributed by atoms with Crippen LogP contribution in [0.5, 0.6) is 0 Å². The van der Waals surface area contributed by atoms with Crippen LogP contribution in [-0.2, 0) is 12.8 Å². The van der Waals surface area contributed by atoms with Crippen LogP contribution in [0.1, 0.15) is 29.7 Å². The minimum absolute atomic E-state index is 0.274. The molecule has 0 saturated heterocycles. The summed E-state index contributed by atoms with van der Waals surface area (Å²) in [6, 6.07) is 8.33. The van der Waals surface area contributed by atoms with Crippen LogP contribution in [0, 0.1) is 5.82 Å². The first-order valence-electron chi connectivity index (χ1n) is 6.06. The first-order chi connectivity index (χ1) is 8.72. The van der Waals surface area contributed by atoms with Crippen molar-refractivity contribution in [3.05, 3.63) is 65.2 Å². The predicted molar refractivity (Wildman–Crippen MR) is 68.7 cm³/mol. The number of halogens is 1. The fourth-order valence-electron chi connectivity index (χ4n) is 2.04. The van der Waals surface area contributed by atoms with Gasteiger partial charge in [0.05, 0.1) is 6.10 Å². The number of pyridine rings is 1. The van der Waals surface area contributed by atoms with Gasteiger partial charge in [0, 0.05) is 18.8 Å². The van der Waals surface area contributed by atoms with E-state index in [9.17, 15) is 9.50 Å². The minimum Gasteiger partial charge on any atom is -0.388 e. The second kappa shape index (κ2) is 5.74. The van der Waals surface area contributed by atoms with Crippen LogP contribution in [-0.4, -0.2) is 10.1 Å². The third kappa shape index (κ3) is 2.74. The Morgan fingerprint density at radius 1 is 1.22 bits per heavy atom. The molecule has 0 amide bonds. The molecule has 1 N–H and O–H groups in total. The van der Waals surface area contributed by atoms with Crippen molar-refractivity contribution in [2.75, 3.05) is 0 Å².